The van der Waals surface area contributed by atoms with Gasteiger partial charge < -0.3 is 19.8 Å². The molecule has 1 atom stereocenters. The predicted octanol–water partition coefficient (Wildman–Crippen LogP) is 0.870. The molecule has 0 amide bonds. The molecule has 0 aromatic carbocycles. The lowest BCUT2D eigenvalue weighted by molar-refractivity contribution is 0.00529. The van der Waals surface area contributed by atoms with Crippen molar-refractivity contribution in [2.75, 3.05) is 19.7 Å². The van der Waals surface area contributed by atoms with Gasteiger partial charge in [-0.2, -0.15) is 0 Å². The molecule has 0 bridgehead atoms. The number of rotatable bonds is 2. The number of fused-ring (bicyclic) bond motifs is 1. The molecule has 3 heterocycles. The number of ether oxygens (including phenoxy) is 1. The first-order chi connectivity index (χ1) is 9.72. The van der Waals surface area contributed by atoms with Gasteiger partial charge in [-0.05, 0) is 18.6 Å². The second kappa shape index (κ2) is 5.50. The third-order valence-corrected chi connectivity index (χ3v) is 3.46. The highest BCUT2D eigenvalue weighted by atomic mass is 16.5. The maximum Gasteiger partial charge on any atom is 0.191 e. The molecule has 2 N–H and O–H groups in total. The largest absolute Gasteiger partial charge is 0.375 e. The van der Waals surface area contributed by atoms with Gasteiger partial charge in [0.05, 0.1) is 37.3 Å². The summed E-state index contributed by atoms with van der Waals surface area (Å²) in [6.45, 7) is 4.94. The number of guanidine groups is 1. The average Bonchev–Trinajstić information content (AvgIpc) is 2.92. The van der Waals surface area contributed by atoms with Gasteiger partial charge in [0.25, 0.3) is 0 Å². The van der Waals surface area contributed by atoms with Crippen LogP contribution >= 0.6 is 0 Å². The fourth-order valence-corrected chi connectivity index (χ4v) is 2.36. The molecule has 6 nitrogen and oxygen atoms in total. The zero-order valence-corrected chi connectivity index (χ0v) is 11.6. The summed E-state index contributed by atoms with van der Waals surface area (Å²) in [6, 6.07) is 4.08. The monoisotopic (exact) mass is 273 g/mol. The quantitative estimate of drug-likeness (QED) is 0.651. The fraction of sp³-hybridized carbons (Fsp3) is 0.429. The smallest absolute Gasteiger partial charge is 0.191 e. The Labute approximate surface area is 117 Å². The first kappa shape index (κ1) is 12.9. The van der Waals surface area contributed by atoms with E-state index in [-0.39, 0.29) is 6.10 Å². The Morgan fingerprint density at radius 1 is 1.55 bits per heavy atom. The van der Waals surface area contributed by atoms with E-state index in [1.807, 2.05) is 29.8 Å². The molecular formula is C14H19N5O. The highest BCUT2D eigenvalue weighted by molar-refractivity contribution is 5.78. The van der Waals surface area contributed by atoms with Crippen LogP contribution in [0.1, 0.15) is 12.5 Å². The summed E-state index contributed by atoms with van der Waals surface area (Å²) in [5.41, 5.74) is 8.24. The molecule has 1 aliphatic heterocycles. The van der Waals surface area contributed by atoms with Crippen LogP contribution in [0.15, 0.2) is 35.8 Å². The van der Waals surface area contributed by atoms with Crippen LogP contribution in [0.4, 0.5) is 0 Å². The van der Waals surface area contributed by atoms with E-state index in [2.05, 4.69) is 20.9 Å². The van der Waals surface area contributed by atoms with E-state index >= 15 is 0 Å². The van der Waals surface area contributed by atoms with Gasteiger partial charge in [-0.15, -0.1) is 0 Å². The van der Waals surface area contributed by atoms with Gasteiger partial charge in [0.1, 0.15) is 0 Å². The molecule has 0 aliphatic carbocycles. The molecule has 1 saturated heterocycles. The van der Waals surface area contributed by atoms with E-state index in [1.54, 1.807) is 6.33 Å². The third-order valence-electron chi connectivity index (χ3n) is 3.46. The Bertz CT molecular complexity index is 621. The zero-order valence-electron chi connectivity index (χ0n) is 11.6. The first-order valence-electron chi connectivity index (χ1n) is 6.79. The number of imidazole rings is 1. The lowest BCUT2D eigenvalue weighted by Crippen LogP contribution is -2.47. The normalized spacial score (nSPS) is 20.6. The summed E-state index contributed by atoms with van der Waals surface area (Å²) in [4.78, 5) is 10.6. The van der Waals surface area contributed by atoms with E-state index in [0.717, 1.165) is 24.2 Å². The number of pyridine rings is 1. The summed E-state index contributed by atoms with van der Waals surface area (Å²) < 4.78 is 7.48. The number of aromatic nitrogens is 2. The second-order valence-corrected chi connectivity index (χ2v) is 5.06. The molecule has 0 saturated carbocycles. The van der Waals surface area contributed by atoms with E-state index in [0.29, 0.717) is 19.1 Å². The SMILES string of the molecule is CC1CN(C(N)=NCc2ccc3cncn3c2)CCO1. The number of hydrogen-bond donors (Lipinski definition) is 1. The van der Waals surface area contributed by atoms with Crippen molar-refractivity contribution in [2.45, 2.75) is 19.6 Å². The van der Waals surface area contributed by atoms with Crippen molar-refractivity contribution in [3.05, 3.63) is 36.4 Å². The number of nitrogens with two attached hydrogens (primary N) is 1. The van der Waals surface area contributed by atoms with Gasteiger partial charge in [-0.25, -0.2) is 9.98 Å². The van der Waals surface area contributed by atoms with Crippen molar-refractivity contribution in [1.82, 2.24) is 14.3 Å². The van der Waals surface area contributed by atoms with Gasteiger partial charge >= 0.3 is 0 Å². The van der Waals surface area contributed by atoms with Gasteiger partial charge in [0, 0.05) is 19.3 Å². The van der Waals surface area contributed by atoms with E-state index < -0.39 is 0 Å². The van der Waals surface area contributed by atoms with Crippen molar-refractivity contribution >= 4 is 11.5 Å². The van der Waals surface area contributed by atoms with Crippen LogP contribution < -0.4 is 5.73 Å². The second-order valence-electron chi connectivity index (χ2n) is 5.06. The van der Waals surface area contributed by atoms with Crippen molar-refractivity contribution in [1.29, 1.82) is 0 Å². The van der Waals surface area contributed by atoms with Gasteiger partial charge in [0.15, 0.2) is 5.96 Å². The summed E-state index contributed by atoms with van der Waals surface area (Å²) >= 11 is 0. The maximum absolute atomic E-state index is 6.05. The van der Waals surface area contributed by atoms with E-state index in [4.69, 9.17) is 10.5 Å². The number of aliphatic imine (C=N–C) groups is 1. The van der Waals surface area contributed by atoms with Gasteiger partial charge in [0.2, 0.25) is 0 Å². The number of morpholine rings is 1. The fourth-order valence-electron chi connectivity index (χ4n) is 2.36. The van der Waals surface area contributed by atoms with E-state index in [9.17, 15) is 0 Å². The molecule has 20 heavy (non-hydrogen) atoms. The molecule has 3 rings (SSSR count). The van der Waals surface area contributed by atoms with Crippen LogP contribution in [0.25, 0.3) is 5.52 Å². The summed E-state index contributed by atoms with van der Waals surface area (Å²) in [7, 11) is 0. The zero-order chi connectivity index (χ0) is 13.9. The minimum atomic E-state index is 0.208. The van der Waals surface area contributed by atoms with Crippen molar-refractivity contribution in [3.8, 4) is 0 Å². The Morgan fingerprint density at radius 2 is 2.45 bits per heavy atom. The molecule has 0 spiro atoms. The van der Waals surface area contributed by atoms with E-state index in [1.165, 1.54) is 0 Å². The Balaban J connectivity index is 1.68. The Kier molecular flexibility index (Phi) is 3.56. The topological polar surface area (TPSA) is 68.2 Å². The Hall–Kier alpha value is -2.08. The minimum absolute atomic E-state index is 0.208. The Morgan fingerprint density at radius 3 is 3.30 bits per heavy atom. The molecule has 0 radical (unpaired) electrons. The van der Waals surface area contributed by atoms with Crippen molar-refractivity contribution in [2.24, 2.45) is 10.7 Å². The average molecular weight is 273 g/mol. The number of hydrogen-bond acceptors (Lipinski definition) is 3. The standard InChI is InChI=1S/C14H19N5O/c1-11-8-18(4-5-20-11)14(15)17-6-12-2-3-13-7-16-10-19(13)9-12/h2-3,7,9-11H,4-6,8H2,1H3,(H2,15,17). The molecule has 2 aromatic rings. The van der Waals surface area contributed by atoms with Crippen LogP contribution in [-0.2, 0) is 11.3 Å². The van der Waals surface area contributed by atoms with Crippen LogP contribution in [0, 0.1) is 0 Å². The summed E-state index contributed by atoms with van der Waals surface area (Å²) in [5.74, 6) is 0.589. The molecule has 1 aliphatic rings. The summed E-state index contributed by atoms with van der Waals surface area (Å²) in [6.07, 6.45) is 5.85. The highest BCUT2D eigenvalue weighted by Crippen LogP contribution is 2.08. The van der Waals surface area contributed by atoms with Crippen LogP contribution in [0.2, 0.25) is 0 Å². The first-order valence-corrected chi connectivity index (χ1v) is 6.79. The van der Waals surface area contributed by atoms with Crippen molar-refractivity contribution in [3.63, 3.8) is 0 Å². The van der Waals surface area contributed by atoms with Gasteiger partial charge in [-0.3, -0.25) is 0 Å². The van der Waals surface area contributed by atoms with Gasteiger partial charge in [-0.1, -0.05) is 6.07 Å². The molecule has 6 heteroatoms. The predicted molar refractivity (Wildman–Crippen MR) is 77.5 cm³/mol. The van der Waals surface area contributed by atoms with Crippen LogP contribution in [0.5, 0.6) is 0 Å². The van der Waals surface area contributed by atoms with Crippen molar-refractivity contribution < 1.29 is 4.74 Å². The summed E-state index contributed by atoms with van der Waals surface area (Å²) in [5, 5.41) is 0. The number of nitrogens with zero attached hydrogens (tertiary/aromatic N) is 4. The molecule has 2 aromatic heterocycles. The third kappa shape index (κ3) is 2.75. The van der Waals surface area contributed by atoms with Crippen LogP contribution in [-0.4, -0.2) is 46.0 Å². The molecule has 1 fully saturated rings. The lowest BCUT2D eigenvalue weighted by Gasteiger charge is -2.31. The molecule has 106 valence electrons. The lowest BCUT2D eigenvalue weighted by atomic mass is 10.2. The minimum Gasteiger partial charge on any atom is -0.375 e. The van der Waals surface area contributed by atoms with Crippen LogP contribution in [0.3, 0.4) is 0 Å². The molecule has 1 unspecified atom stereocenters. The molecular weight excluding hydrogens is 254 g/mol. The highest BCUT2D eigenvalue weighted by Gasteiger charge is 2.17. The maximum atomic E-state index is 6.05.